The van der Waals surface area contributed by atoms with Gasteiger partial charge in [-0.2, -0.15) is 0 Å². The van der Waals surface area contributed by atoms with E-state index < -0.39 is 0 Å². The van der Waals surface area contributed by atoms with Crippen molar-refractivity contribution in [1.82, 2.24) is 9.88 Å². The monoisotopic (exact) mass is 538 g/mol. The third-order valence-corrected chi connectivity index (χ3v) is 6.63. The van der Waals surface area contributed by atoms with Gasteiger partial charge in [0, 0.05) is 37.8 Å². The minimum absolute atomic E-state index is 0.0972. The predicted octanol–water partition coefficient (Wildman–Crippen LogP) is 6.02. The molecule has 4 rings (SSSR count). The van der Waals surface area contributed by atoms with Crippen LogP contribution in [0.1, 0.15) is 41.6 Å². The van der Waals surface area contributed by atoms with E-state index in [1.807, 2.05) is 77.7 Å². The van der Waals surface area contributed by atoms with Crippen molar-refractivity contribution in [2.24, 2.45) is 0 Å². The number of benzene rings is 3. The van der Waals surface area contributed by atoms with Crippen LogP contribution < -0.4 is 9.47 Å². The van der Waals surface area contributed by atoms with Crippen molar-refractivity contribution in [2.45, 2.75) is 45.3 Å². The van der Waals surface area contributed by atoms with Crippen molar-refractivity contribution in [3.8, 4) is 11.5 Å². The maximum absolute atomic E-state index is 13.4. The van der Waals surface area contributed by atoms with Gasteiger partial charge in [0.25, 0.3) is 0 Å². The van der Waals surface area contributed by atoms with Gasteiger partial charge in [0.1, 0.15) is 13.2 Å². The number of unbranched alkanes of at least 4 members (excludes halogenated alkanes) is 1. The number of aliphatic hydroxyl groups is 1. The van der Waals surface area contributed by atoms with E-state index in [0.29, 0.717) is 44.0 Å². The molecule has 40 heavy (non-hydrogen) atoms. The Bertz CT molecular complexity index is 1280. The Balaban J connectivity index is 1.42. The second-order valence-corrected chi connectivity index (χ2v) is 9.71. The van der Waals surface area contributed by atoms with Crippen LogP contribution in [-0.4, -0.2) is 40.7 Å². The molecule has 4 aromatic rings. The van der Waals surface area contributed by atoms with Crippen molar-refractivity contribution in [3.63, 3.8) is 0 Å². The highest BCUT2D eigenvalue weighted by Crippen LogP contribution is 2.30. The number of ether oxygens (including phenoxy) is 2. The van der Waals surface area contributed by atoms with Crippen LogP contribution in [0.3, 0.4) is 0 Å². The van der Waals surface area contributed by atoms with Gasteiger partial charge in [-0.25, -0.2) is 0 Å². The number of hydrogen-bond acceptors (Lipinski definition) is 5. The second kappa shape index (κ2) is 16.1. The average molecular weight is 539 g/mol. The van der Waals surface area contributed by atoms with E-state index in [1.54, 1.807) is 6.20 Å². The van der Waals surface area contributed by atoms with E-state index >= 15 is 0 Å². The van der Waals surface area contributed by atoms with Gasteiger partial charge in [0.15, 0.2) is 11.5 Å². The van der Waals surface area contributed by atoms with Crippen molar-refractivity contribution in [1.29, 1.82) is 0 Å². The number of carbonyl (C=O) groups excluding carboxylic acids is 1. The maximum atomic E-state index is 13.4. The smallest absolute Gasteiger partial charge is 0.222 e. The molecule has 0 saturated carbocycles. The first-order valence-electron chi connectivity index (χ1n) is 14.0. The molecular weight excluding hydrogens is 500 g/mol. The molecule has 3 aromatic carbocycles. The van der Waals surface area contributed by atoms with Crippen molar-refractivity contribution >= 4 is 5.91 Å². The summed E-state index contributed by atoms with van der Waals surface area (Å²) in [6, 6.07) is 31.9. The normalized spacial score (nSPS) is 10.7. The van der Waals surface area contributed by atoms with Crippen LogP contribution in [0.4, 0.5) is 0 Å². The first-order valence-corrected chi connectivity index (χ1v) is 14.0. The Hall–Kier alpha value is -4.16. The molecule has 0 saturated heterocycles. The molecule has 1 aromatic heterocycles. The van der Waals surface area contributed by atoms with Gasteiger partial charge in [-0.15, -0.1) is 0 Å². The lowest BCUT2D eigenvalue weighted by atomic mass is 10.1. The molecule has 0 radical (unpaired) electrons. The zero-order valence-corrected chi connectivity index (χ0v) is 23.0. The number of amides is 1. The van der Waals surface area contributed by atoms with Crippen LogP contribution in [0.2, 0.25) is 0 Å². The minimum Gasteiger partial charge on any atom is -0.487 e. The molecular formula is C34H38N2O4. The fourth-order valence-corrected chi connectivity index (χ4v) is 4.49. The largest absolute Gasteiger partial charge is 0.487 e. The van der Waals surface area contributed by atoms with Gasteiger partial charge in [-0.1, -0.05) is 72.8 Å². The number of pyridine rings is 1. The summed E-state index contributed by atoms with van der Waals surface area (Å²) in [5.41, 5.74) is 4.25. The van der Waals surface area contributed by atoms with Crippen LogP contribution in [0.15, 0.2) is 103 Å². The summed E-state index contributed by atoms with van der Waals surface area (Å²) < 4.78 is 11.9. The number of nitrogens with zero attached hydrogens (tertiary/aromatic N) is 2. The lowest BCUT2D eigenvalue weighted by Crippen LogP contribution is -2.32. The molecule has 0 spiro atoms. The molecule has 6 nitrogen and oxygen atoms in total. The molecule has 0 unspecified atom stereocenters. The molecule has 1 N–H and O–H groups in total. The van der Waals surface area contributed by atoms with Crippen LogP contribution in [-0.2, 0) is 30.8 Å². The van der Waals surface area contributed by atoms with Crippen molar-refractivity contribution < 1.29 is 19.4 Å². The highest BCUT2D eigenvalue weighted by atomic mass is 16.5. The van der Waals surface area contributed by atoms with Crippen LogP contribution in [0.5, 0.6) is 11.5 Å². The molecule has 0 bridgehead atoms. The highest BCUT2D eigenvalue weighted by molar-refractivity contribution is 5.76. The first kappa shape index (κ1) is 28.8. The van der Waals surface area contributed by atoms with Gasteiger partial charge in [0.05, 0.1) is 6.61 Å². The summed E-state index contributed by atoms with van der Waals surface area (Å²) >= 11 is 0. The van der Waals surface area contributed by atoms with Crippen LogP contribution in [0, 0.1) is 0 Å². The molecule has 0 atom stereocenters. The van der Waals surface area contributed by atoms with Crippen LogP contribution >= 0.6 is 0 Å². The fraction of sp³-hybridized carbons (Fsp3) is 0.294. The average Bonchev–Trinajstić information content (AvgIpc) is 3.01. The third kappa shape index (κ3) is 9.54. The molecule has 0 aliphatic carbocycles. The zero-order chi connectivity index (χ0) is 27.8. The Morgan fingerprint density at radius 1 is 0.750 bits per heavy atom. The molecule has 208 valence electrons. The molecule has 1 heterocycles. The summed E-state index contributed by atoms with van der Waals surface area (Å²) in [6.07, 6.45) is 5.74. The Labute approximate surface area is 237 Å². The number of hydrogen-bond donors (Lipinski definition) is 1. The van der Waals surface area contributed by atoms with Gasteiger partial charge >= 0.3 is 0 Å². The molecule has 0 aliphatic heterocycles. The number of carbonyl (C=O) groups is 1. The van der Waals surface area contributed by atoms with Gasteiger partial charge in [-0.3, -0.25) is 9.78 Å². The molecule has 0 aliphatic rings. The van der Waals surface area contributed by atoms with E-state index in [2.05, 4.69) is 29.2 Å². The zero-order valence-electron chi connectivity index (χ0n) is 23.0. The summed E-state index contributed by atoms with van der Waals surface area (Å²) in [6.45, 7) is 1.51. The lowest BCUT2D eigenvalue weighted by Gasteiger charge is -2.24. The topological polar surface area (TPSA) is 71.9 Å². The van der Waals surface area contributed by atoms with E-state index in [1.165, 1.54) is 5.56 Å². The predicted molar refractivity (Wildman–Crippen MR) is 157 cm³/mol. The number of aromatic nitrogens is 1. The van der Waals surface area contributed by atoms with Crippen molar-refractivity contribution in [3.05, 3.63) is 126 Å². The summed E-state index contributed by atoms with van der Waals surface area (Å²) in [5.74, 6) is 1.29. The minimum atomic E-state index is -0.0972. The lowest BCUT2D eigenvalue weighted by molar-refractivity contribution is -0.131. The Morgan fingerprint density at radius 2 is 1.50 bits per heavy atom. The van der Waals surface area contributed by atoms with Gasteiger partial charge in [0.2, 0.25) is 5.91 Å². The van der Waals surface area contributed by atoms with Gasteiger partial charge < -0.3 is 19.5 Å². The maximum Gasteiger partial charge on any atom is 0.222 e. The quantitative estimate of drug-likeness (QED) is 0.177. The molecule has 6 heteroatoms. The van der Waals surface area contributed by atoms with Crippen molar-refractivity contribution in [2.75, 3.05) is 19.8 Å². The Kier molecular flexibility index (Phi) is 11.6. The highest BCUT2D eigenvalue weighted by Gasteiger charge is 2.16. The van der Waals surface area contributed by atoms with E-state index in [9.17, 15) is 9.90 Å². The summed E-state index contributed by atoms with van der Waals surface area (Å²) in [5, 5.41) is 9.34. The SMILES string of the molecule is O=C(CCCCc1ccccc1)N(CCc1ccccn1)Cc1ccc(OCc2ccccc2)c(OCCO)c1. The number of aryl methyl sites for hydroxylation is 1. The standard InChI is InChI=1S/C34H38N2O4/c37-23-24-39-33-25-30(18-19-32(33)40-27-29-14-5-2-6-15-29)26-36(22-20-31-16-9-10-21-35-31)34(38)17-8-7-13-28-11-3-1-4-12-28/h1-6,9-12,14-16,18-19,21,25,37H,7-8,13,17,20,22-24,26-27H2. The first-order chi connectivity index (χ1) is 19.7. The summed E-state index contributed by atoms with van der Waals surface area (Å²) in [4.78, 5) is 19.7. The number of aliphatic hydroxyl groups excluding tert-OH is 1. The van der Waals surface area contributed by atoms with Gasteiger partial charge in [-0.05, 0) is 60.2 Å². The van der Waals surface area contributed by atoms with Crippen LogP contribution in [0.25, 0.3) is 0 Å². The summed E-state index contributed by atoms with van der Waals surface area (Å²) in [7, 11) is 0. The Morgan fingerprint density at radius 3 is 2.23 bits per heavy atom. The fourth-order valence-electron chi connectivity index (χ4n) is 4.49. The second-order valence-electron chi connectivity index (χ2n) is 9.71. The third-order valence-electron chi connectivity index (χ3n) is 6.63. The van der Waals surface area contributed by atoms with E-state index in [-0.39, 0.29) is 19.1 Å². The van der Waals surface area contributed by atoms with E-state index in [0.717, 1.165) is 36.1 Å². The van der Waals surface area contributed by atoms with E-state index in [4.69, 9.17) is 9.47 Å². The number of rotatable bonds is 16. The molecule has 0 fully saturated rings. The molecule has 1 amide bonds.